The fourth-order valence-corrected chi connectivity index (χ4v) is 2.58. The summed E-state index contributed by atoms with van der Waals surface area (Å²) in [5.74, 6) is 0.143. The first-order chi connectivity index (χ1) is 11.9. The van der Waals surface area contributed by atoms with Gasteiger partial charge in [0.15, 0.2) is 12.0 Å². The summed E-state index contributed by atoms with van der Waals surface area (Å²) in [4.78, 5) is 12.1. The maximum atomic E-state index is 12.1. The Morgan fingerprint density at radius 3 is 2.64 bits per heavy atom. The van der Waals surface area contributed by atoms with Gasteiger partial charge in [-0.1, -0.05) is 0 Å². The Morgan fingerprint density at radius 1 is 1.20 bits per heavy atom. The zero-order valence-corrected chi connectivity index (χ0v) is 13.2. The van der Waals surface area contributed by atoms with Crippen LogP contribution in [0.5, 0.6) is 11.5 Å². The predicted octanol–water partition coefficient (Wildman–Crippen LogP) is -1.83. The molecule has 1 saturated heterocycles. The van der Waals surface area contributed by atoms with E-state index in [4.69, 9.17) is 18.9 Å². The number of aliphatic hydroxyl groups is 4. The number of methoxy groups -OCH3 is 1. The molecule has 0 bridgehead atoms. The number of fused-ring (bicyclic) bond motifs is 1. The largest absolute Gasteiger partial charge is 0.497 e. The first-order valence-corrected chi connectivity index (χ1v) is 7.56. The Morgan fingerprint density at radius 2 is 1.96 bits per heavy atom. The third kappa shape index (κ3) is 3.40. The average molecular weight is 357 g/mol. The van der Waals surface area contributed by atoms with E-state index in [1.807, 2.05) is 0 Å². The van der Waals surface area contributed by atoms with E-state index in [0.717, 1.165) is 0 Å². The molecule has 1 aromatic rings. The first-order valence-electron chi connectivity index (χ1n) is 7.56. The molecule has 6 atom stereocenters. The van der Waals surface area contributed by atoms with Crippen molar-refractivity contribution in [3.8, 4) is 11.5 Å². The average Bonchev–Trinajstić information content (AvgIpc) is 2.62. The summed E-state index contributed by atoms with van der Waals surface area (Å²) in [6.07, 6.45) is -8.89. The minimum absolute atomic E-state index is 0.286. The van der Waals surface area contributed by atoms with Crippen molar-refractivity contribution in [1.29, 1.82) is 0 Å². The van der Waals surface area contributed by atoms with Crippen LogP contribution in [0.2, 0.25) is 0 Å². The van der Waals surface area contributed by atoms with Crippen LogP contribution in [0.4, 0.5) is 5.69 Å². The van der Waals surface area contributed by atoms with Crippen LogP contribution < -0.4 is 14.8 Å². The molecule has 3 rings (SSSR count). The second kappa shape index (κ2) is 7.12. The molecule has 1 aromatic carbocycles. The normalized spacial score (nSPS) is 34.7. The van der Waals surface area contributed by atoms with Crippen molar-refractivity contribution in [3.63, 3.8) is 0 Å². The van der Waals surface area contributed by atoms with Crippen LogP contribution in [-0.4, -0.2) is 77.0 Å². The van der Waals surface area contributed by atoms with E-state index in [-0.39, 0.29) is 5.75 Å². The number of nitrogens with one attached hydrogen (secondary N) is 1. The zero-order valence-electron chi connectivity index (χ0n) is 13.2. The van der Waals surface area contributed by atoms with E-state index in [0.29, 0.717) is 11.4 Å². The molecule has 2 heterocycles. The molecule has 138 valence electrons. The number of carbonyl (C=O) groups excluding carboxylic acids is 1. The van der Waals surface area contributed by atoms with Crippen LogP contribution in [0.15, 0.2) is 18.2 Å². The van der Waals surface area contributed by atoms with Crippen LogP contribution in [0, 0.1) is 0 Å². The van der Waals surface area contributed by atoms with E-state index in [1.165, 1.54) is 7.11 Å². The molecule has 1 fully saturated rings. The van der Waals surface area contributed by atoms with Gasteiger partial charge in [0.25, 0.3) is 12.2 Å². The number of amides is 1. The summed E-state index contributed by atoms with van der Waals surface area (Å²) in [5.41, 5.74) is 0.416. The summed E-state index contributed by atoms with van der Waals surface area (Å²) in [5, 5.41) is 41.2. The lowest BCUT2D eigenvalue weighted by molar-refractivity contribution is -0.322. The molecule has 1 amide bonds. The molecule has 25 heavy (non-hydrogen) atoms. The monoisotopic (exact) mass is 357 g/mol. The van der Waals surface area contributed by atoms with Gasteiger partial charge in [-0.15, -0.1) is 0 Å². The minimum Gasteiger partial charge on any atom is -0.497 e. The lowest BCUT2D eigenvalue weighted by Crippen LogP contribution is -2.60. The van der Waals surface area contributed by atoms with Gasteiger partial charge in [-0.2, -0.15) is 0 Å². The molecule has 0 aliphatic carbocycles. The molecule has 0 unspecified atom stereocenters. The maximum Gasteiger partial charge on any atom is 0.294 e. The second-order valence-electron chi connectivity index (χ2n) is 5.63. The standard InChI is InChI=1S/C15H19NO9/c1-22-6-2-3-7-8(4-6)23-15(13(21)16-7)25-14-12(20)11(19)10(18)9(5-17)24-14/h2-4,9-12,14-15,17-20H,5H2,1H3,(H,16,21)/t9-,10-,11+,12-,14+,15+/m0/s1. The molecule has 2 aliphatic rings. The predicted molar refractivity (Wildman–Crippen MR) is 80.9 cm³/mol. The van der Waals surface area contributed by atoms with Gasteiger partial charge < -0.3 is 44.7 Å². The first kappa shape index (κ1) is 17.9. The van der Waals surface area contributed by atoms with Crippen molar-refractivity contribution in [2.24, 2.45) is 0 Å². The van der Waals surface area contributed by atoms with Gasteiger partial charge in [-0.05, 0) is 12.1 Å². The van der Waals surface area contributed by atoms with Gasteiger partial charge in [-0.3, -0.25) is 4.79 Å². The highest BCUT2D eigenvalue weighted by Gasteiger charge is 2.46. The molecule has 0 saturated carbocycles. The fraction of sp³-hybridized carbons (Fsp3) is 0.533. The Balaban J connectivity index is 1.74. The van der Waals surface area contributed by atoms with Crippen molar-refractivity contribution >= 4 is 11.6 Å². The highest BCUT2D eigenvalue weighted by molar-refractivity contribution is 5.97. The third-order valence-electron chi connectivity index (χ3n) is 4.00. The van der Waals surface area contributed by atoms with Gasteiger partial charge >= 0.3 is 0 Å². The molecule has 2 aliphatic heterocycles. The molecule has 0 radical (unpaired) electrons. The molecule has 10 heteroatoms. The molecule has 10 nitrogen and oxygen atoms in total. The molecular formula is C15H19NO9. The van der Waals surface area contributed by atoms with Crippen molar-refractivity contribution in [3.05, 3.63) is 18.2 Å². The van der Waals surface area contributed by atoms with Crippen LogP contribution >= 0.6 is 0 Å². The molecule has 5 N–H and O–H groups in total. The smallest absolute Gasteiger partial charge is 0.294 e. The lowest BCUT2D eigenvalue weighted by Gasteiger charge is -2.40. The number of aliphatic hydroxyl groups excluding tert-OH is 4. The molecule has 0 aromatic heterocycles. The highest BCUT2D eigenvalue weighted by Crippen LogP contribution is 2.34. The van der Waals surface area contributed by atoms with Crippen molar-refractivity contribution in [2.75, 3.05) is 19.0 Å². The van der Waals surface area contributed by atoms with Crippen molar-refractivity contribution in [2.45, 2.75) is 37.0 Å². The Kier molecular flexibility index (Phi) is 5.08. The summed E-state index contributed by atoms with van der Waals surface area (Å²) < 4.78 is 21.0. The van der Waals surface area contributed by atoms with Crippen LogP contribution in [0.3, 0.4) is 0 Å². The maximum absolute atomic E-state index is 12.1. The van der Waals surface area contributed by atoms with Gasteiger partial charge in [0.05, 0.1) is 19.4 Å². The van der Waals surface area contributed by atoms with Crippen LogP contribution in [0.1, 0.15) is 0 Å². The number of benzene rings is 1. The minimum atomic E-state index is -1.64. The summed E-state index contributed by atoms with van der Waals surface area (Å²) in [7, 11) is 1.48. The number of anilines is 1. The van der Waals surface area contributed by atoms with Gasteiger partial charge in [0.2, 0.25) is 0 Å². The highest BCUT2D eigenvalue weighted by atomic mass is 16.8. The van der Waals surface area contributed by atoms with E-state index >= 15 is 0 Å². The van der Waals surface area contributed by atoms with Crippen LogP contribution in [0.25, 0.3) is 0 Å². The Bertz CT molecular complexity index is 637. The van der Waals surface area contributed by atoms with Crippen LogP contribution in [-0.2, 0) is 14.3 Å². The Labute approximate surface area is 142 Å². The number of rotatable bonds is 4. The van der Waals surface area contributed by atoms with Crippen molar-refractivity contribution in [1.82, 2.24) is 0 Å². The quantitative estimate of drug-likeness (QED) is 0.420. The topological polar surface area (TPSA) is 147 Å². The third-order valence-corrected chi connectivity index (χ3v) is 4.00. The summed E-state index contributed by atoms with van der Waals surface area (Å²) in [6, 6.07) is 4.77. The second-order valence-corrected chi connectivity index (χ2v) is 5.63. The molecule has 0 spiro atoms. The van der Waals surface area contributed by atoms with E-state index in [1.54, 1.807) is 18.2 Å². The summed E-state index contributed by atoms with van der Waals surface area (Å²) >= 11 is 0. The Hall–Kier alpha value is -1.95. The van der Waals surface area contributed by atoms with Gasteiger partial charge in [-0.25, -0.2) is 0 Å². The SMILES string of the molecule is COc1ccc2c(c1)O[C@H](O[C@H]1O[C@@H](CO)[C@H](O)[C@@H](O)[C@@H]1O)C(=O)N2. The fourth-order valence-electron chi connectivity index (χ4n) is 2.58. The zero-order chi connectivity index (χ0) is 18.1. The van der Waals surface area contributed by atoms with E-state index < -0.39 is 49.5 Å². The van der Waals surface area contributed by atoms with E-state index in [2.05, 4.69) is 5.32 Å². The van der Waals surface area contributed by atoms with Crippen molar-refractivity contribution < 1.29 is 44.2 Å². The number of hydrogen-bond donors (Lipinski definition) is 5. The number of hydrogen-bond acceptors (Lipinski definition) is 9. The lowest BCUT2D eigenvalue weighted by atomic mass is 9.99. The molecular weight excluding hydrogens is 338 g/mol. The van der Waals surface area contributed by atoms with E-state index in [9.17, 15) is 25.2 Å². The van der Waals surface area contributed by atoms with Gasteiger partial charge in [0.1, 0.15) is 30.2 Å². The number of carbonyl (C=O) groups is 1. The van der Waals surface area contributed by atoms with Gasteiger partial charge in [0, 0.05) is 6.07 Å². The summed E-state index contributed by atoms with van der Waals surface area (Å²) in [6.45, 7) is -0.609. The number of ether oxygens (including phenoxy) is 4.